The van der Waals surface area contributed by atoms with Gasteiger partial charge in [0.25, 0.3) is 0 Å². The number of likely N-dealkylation sites (N-methyl/N-ethyl adjacent to an activating group) is 1. The maximum absolute atomic E-state index is 5.37. The third-order valence-corrected chi connectivity index (χ3v) is 1.97. The summed E-state index contributed by atoms with van der Waals surface area (Å²) in [6, 6.07) is 0. The Bertz CT molecular complexity index is 144. The molecule has 0 bridgehead atoms. The topological polar surface area (TPSA) is 21.7 Å². The lowest BCUT2D eigenvalue weighted by Gasteiger charge is -2.23. The molecule has 0 aromatic rings. The molecular formula is C11H27N2O2+. The fraction of sp³-hybridized carbons (Fsp3) is 1.00. The predicted octanol–water partition coefficient (Wildman–Crippen LogP) is 0.635. The Labute approximate surface area is 94.3 Å². The van der Waals surface area contributed by atoms with Crippen LogP contribution in [0.1, 0.15) is 6.42 Å². The van der Waals surface area contributed by atoms with Gasteiger partial charge in [0.15, 0.2) is 0 Å². The van der Waals surface area contributed by atoms with Gasteiger partial charge in [-0.25, -0.2) is 0 Å². The van der Waals surface area contributed by atoms with E-state index in [0.29, 0.717) is 6.79 Å². The molecule has 0 atom stereocenters. The zero-order chi connectivity index (χ0) is 11.7. The highest BCUT2D eigenvalue weighted by Crippen LogP contribution is 1.90. The summed E-state index contributed by atoms with van der Waals surface area (Å²) in [5, 5.41) is 0. The van der Waals surface area contributed by atoms with E-state index in [4.69, 9.17) is 9.47 Å². The van der Waals surface area contributed by atoms with E-state index in [9.17, 15) is 0 Å². The molecule has 92 valence electrons. The average Bonchev–Trinajstić information content (AvgIpc) is 2.07. The normalized spacial score (nSPS) is 12.4. The first kappa shape index (κ1) is 14.8. The van der Waals surface area contributed by atoms with E-state index in [0.717, 1.165) is 37.2 Å². The molecule has 0 aromatic carbocycles. The maximum Gasteiger partial charge on any atom is 0.147 e. The van der Waals surface area contributed by atoms with Crippen molar-refractivity contribution in [2.45, 2.75) is 6.42 Å². The Balaban J connectivity index is 3.06. The van der Waals surface area contributed by atoms with Crippen molar-refractivity contribution >= 4 is 0 Å². The van der Waals surface area contributed by atoms with Crippen LogP contribution in [-0.4, -0.2) is 77.7 Å². The van der Waals surface area contributed by atoms with Crippen molar-refractivity contribution in [3.05, 3.63) is 0 Å². The standard InChI is InChI=1S/C11H27N2O2/c1-12(2)7-6-9-14-11-15-10-8-13(3,4)5/h6-11H2,1-5H3/q+1. The van der Waals surface area contributed by atoms with Crippen LogP contribution in [-0.2, 0) is 9.47 Å². The molecule has 0 saturated heterocycles. The zero-order valence-electron chi connectivity index (χ0n) is 11.0. The molecule has 0 aliphatic carbocycles. The summed E-state index contributed by atoms with van der Waals surface area (Å²) in [4.78, 5) is 2.15. The maximum atomic E-state index is 5.37. The van der Waals surface area contributed by atoms with Crippen molar-refractivity contribution in [3.8, 4) is 0 Å². The Hall–Kier alpha value is -0.160. The Morgan fingerprint density at radius 3 is 2.13 bits per heavy atom. The lowest BCUT2D eigenvalue weighted by atomic mass is 10.4. The number of hydrogen-bond acceptors (Lipinski definition) is 3. The third-order valence-electron chi connectivity index (χ3n) is 1.97. The summed E-state index contributed by atoms with van der Waals surface area (Å²) in [6.45, 7) is 4.05. The smallest absolute Gasteiger partial charge is 0.147 e. The van der Waals surface area contributed by atoms with Crippen LogP contribution in [0.5, 0.6) is 0 Å². The Morgan fingerprint density at radius 1 is 1.00 bits per heavy atom. The Morgan fingerprint density at radius 2 is 1.60 bits per heavy atom. The van der Waals surface area contributed by atoms with E-state index in [1.807, 2.05) is 0 Å². The molecule has 0 radical (unpaired) electrons. The van der Waals surface area contributed by atoms with Crippen LogP contribution in [0.15, 0.2) is 0 Å². The fourth-order valence-corrected chi connectivity index (χ4v) is 0.998. The minimum Gasteiger partial charge on any atom is -0.355 e. The summed E-state index contributed by atoms with van der Waals surface area (Å²) >= 11 is 0. The molecule has 0 aliphatic rings. The van der Waals surface area contributed by atoms with Gasteiger partial charge in [0.1, 0.15) is 13.3 Å². The summed E-state index contributed by atoms with van der Waals surface area (Å²) in [7, 11) is 10.6. The quantitative estimate of drug-likeness (QED) is 0.323. The molecule has 0 unspecified atom stereocenters. The number of nitrogens with zero attached hydrogens (tertiary/aromatic N) is 2. The second-order valence-electron chi connectivity index (χ2n) is 5.11. The highest BCUT2D eigenvalue weighted by atomic mass is 16.7. The van der Waals surface area contributed by atoms with Gasteiger partial charge in [-0.1, -0.05) is 0 Å². The second-order valence-corrected chi connectivity index (χ2v) is 5.11. The zero-order valence-corrected chi connectivity index (χ0v) is 11.0. The second kappa shape index (κ2) is 8.05. The van der Waals surface area contributed by atoms with E-state index >= 15 is 0 Å². The van der Waals surface area contributed by atoms with Crippen molar-refractivity contribution in [1.29, 1.82) is 0 Å². The van der Waals surface area contributed by atoms with Gasteiger partial charge >= 0.3 is 0 Å². The van der Waals surface area contributed by atoms with Crippen LogP contribution < -0.4 is 0 Å². The van der Waals surface area contributed by atoms with Crippen LogP contribution in [0.4, 0.5) is 0 Å². The first-order valence-corrected chi connectivity index (χ1v) is 5.52. The molecule has 0 fully saturated rings. The van der Waals surface area contributed by atoms with E-state index in [1.165, 1.54) is 0 Å². The van der Waals surface area contributed by atoms with E-state index in [-0.39, 0.29) is 0 Å². The molecule has 0 saturated carbocycles. The SMILES string of the molecule is CN(C)CCCOCOCC[N+](C)(C)C. The van der Waals surface area contributed by atoms with Crippen molar-refractivity contribution in [2.24, 2.45) is 0 Å². The largest absolute Gasteiger partial charge is 0.355 e. The van der Waals surface area contributed by atoms with Crippen molar-refractivity contribution < 1.29 is 14.0 Å². The summed E-state index contributed by atoms with van der Waals surface area (Å²) in [5.41, 5.74) is 0. The minimum absolute atomic E-state index is 0.424. The van der Waals surface area contributed by atoms with Gasteiger partial charge in [-0.3, -0.25) is 0 Å². The fourth-order valence-electron chi connectivity index (χ4n) is 0.998. The van der Waals surface area contributed by atoms with Gasteiger partial charge in [0.05, 0.1) is 34.4 Å². The highest BCUT2D eigenvalue weighted by molar-refractivity contribution is 4.41. The molecule has 0 spiro atoms. The number of rotatable bonds is 9. The number of hydrogen-bond donors (Lipinski definition) is 0. The molecule has 15 heavy (non-hydrogen) atoms. The summed E-state index contributed by atoms with van der Waals surface area (Å²) in [5.74, 6) is 0. The minimum atomic E-state index is 0.424. The molecular weight excluding hydrogens is 192 g/mol. The van der Waals surface area contributed by atoms with Crippen LogP contribution in [0.25, 0.3) is 0 Å². The molecule has 0 aromatic heterocycles. The van der Waals surface area contributed by atoms with Crippen LogP contribution >= 0.6 is 0 Å². The summed E-state index contributed by atoms with van der Waals surface area (Å²) < 4.78 is 11.6. The molecule has 4 heteroatoms. The third kappa shape index (κ3) is 13.8. The van der Waals surface area contributed by atoms with Gasteiger partial charge in [-0.2, -0.15) is 0 Å². The van der Waals surface area contributed by atoms with Gasteiger partial charge in [-0.05, 0) is 27.1 Å². The van der Waals surface area contributed by atoms with Crippen LogP contribution in [0.3, 0.4) is 0 Å². The highest BCUT2D eigenvalue weighted by Gasteiger charge is 2.05. The molecule has 4 nitrogen and oxygen atoms in total. The first-order valence-electron chi connectivity index (χ1n) is 5.52. The van der Waals surface area contributed by atoms with Gasteiger partial charge < -0.3 is 18.9 Å². The Kier molecular flexibility index (Phi) is 7.96. The molecule has 0 rings (SSSR count). The van der Waals surface area contributed by atoms with Gasteiger partial charge in [0, 0.05) is 0 Å². The van der Waals surface area contributed by atoms with E-state index < -0.39 is 0 Å². The summed E-state index contributed by atoms with van der Waals surface area (Å²) in [6.07, 6.45) is 1.06. The predicted molar refractivity (Wildman–Crippen MR) is 62.8 cm³/mol. The number of ether oxygens (including phenoxy) is 2. The van der Waals surface area contributed by atoms with Crippen molar-refractivity contribution in [3.63, 3.8) is 0 Å². The van der Waals surface area contributed by atoms with Crippen LogP contribution in [0, 0.1) is 0 Å². The van der Waals surface area contributed by atoms with Crippen molar-refractivity contribution in [1.82, 2.24) is 4.90 Å². The van der Waals surface area contributed by atoms with Gasteiger partial charge in [-0.15, -0.1) is 0 Å². The first-order chi connectivity index (χ1) is 6.92. The average molecular weight is 219 g/mol. The lowest BCUT2D eigenvalue weighted by molar-refractivity contribution is -0.870. The monoisotopic (exact) mass is 219 g/mol. The van der Waals surface area contributed by atoms with E-state index in [1.54, 1.807) is 0 Å². The molecule has 0 heterocycles. The molecule has 0 amide bonds. The lowest BCUT2D eigenvalue weighted by Crippen LogP contribution is -2.37. The van der Waals surface area contributed by atoms with Crippen LogP contribution in [0.2, 0.25) is 0 Å². The van der Waals surface area contributed by atoms with Gasteiger partial charge in [0.2, 0.25) is 0 Å². The number of quaternary nitrogens is 1. The van der Waals surface area contributed by atoms with Crippen molar-refractivity contribution in [2.75, 3.05) is 68.3 Å². The molecule has 0 N–H and O–H groups in total. The molecule has 0 aliphatic heterocycles. The van der Waals surface area contributed by atoms with E-state index in [2.05, 4.69) is 40.1 Å².